The van der Waals surface area contributed by atoms with Crippen molar-refractivity contribution in [2.24, 2.45) is 5.92 Å². The van der Waals surface area contributed by atoms with Gasteiger partial charge in [0, 0.05) is 27.4 Å². The number of hydrogen-bond donors (Lipinski definition) is 0. The molecule has 0 aromatic heterocycles. The first-order valence-corrected chi connectivity index (χ1v) is 3.29. The fourth-order valence-corrected chi connectivity index (χ4v) is 0.687. The van der Waals surface area contributed by atoms with Crippen molar-refractivity contribution in [2.75, 3.05) is 27.4 Å². The maximum atomic E-state index is 4.95. The third-order valence-corrected chi connectivity index (χ3v) is 1.27. The van der Waals surface area contributed by atoms with E-state index in [0.717, 1.165) is 19.6 Å². The molecule has 0 saturated carbocycles. The lowest BCUT2D eigenvalue weighted by molar-refractivity contribution is 0.125. The minimum absolute atomic E-state index is 0.620. The molecular weight excluding hydrogens is 116 g/mol. The van der Waals surface area contributed by atoms with Crippen LogP contribution in [0.3, 0.4) is 0 Å². The Morgan fingerprint density at radius 1 is 1.22 bits per heavy atom. The Morgan fingerprint density at radius 3 is 2.33 bits per heavy atom. The second-order valence-corrected chi connectivity index (χ2v) is 2.34. The van der Waals surface area contributed by atoms with Gasteiger partial charge in [-0.25, -0.2) is 0 Å². The van der Waals surface area contributed by atoms with E-state index in [-0.39, 0.29) is 0 Å². The van der Waals surface area contributed by atoms with Gasteiger partial charge in [0.25, 0.3) is 0 Å². The Balaban J connectivity index is 2.95. The fraction of sp³-hybridized carbons (Fsp3) is 1.00. The van der Waals surface area contributed by atoms with Gasteiger partial charge in [-0.3, -0.25) is 0 Å². The molecule has 0 aliphatic rings. The highest BCUT2D eigenvalue weighted by Gasteiger charge is 1.98. The summed E-state index contributed by atoms with van der Waals surface area (Å²) in [7, 11) is 3.45. The van der Waals surface area contributed by atoms with E-state index in [2.05, 4.69) is 6.92 Å². The molecular formula is C7H16O2. The highest BCUT2D eigenvalue weighted by Crippen LogP contribution is 2.00. The largest absolute Gasteiger partial charge is 0.385 e. The van der Waals surface area contributed by atoms with Crippen LogP contribution in [0.4, 0.5) is 0 Å². The van der Waals surface area contributed by atoms with Gasteiger partial charge in [0.05, 0.1) is 0 Å². The lowest BCUT2D eigenvalue weighted by Crippen LogP contribution is -2.06. The van der Waals surface area contributed by atoms with Gasteiger partial charge in [-0.1, -0.05) is 6.92 Å². The first kappa shape index (κ1) is 8.92. The molecule has 0 bridgehead atoms. The Kier molecular flexibility index (Phi) is 5.99. The van der Waals surface area contributed by atoms with Gasteiger partial charge in [0.1, 0.15) is 0 Å². The van der Waals surface area contributed by atoms with Crippen LogP contribution in [-0.2, 0) is 9.47 Å². The summed E-state index contributed by atoms with van der Waals surface area (Å²) in [4.78, 5) is 0. The number of hydrogen-bond acceptors (Lipinski definition) is 2. The zero-order valence-electron chi connectivity index (χ0n) is 6.52. The molecule has 0 fully saturated rings. The predicted molar refractivity (Wildman–Crippen MR) is 37.5 cm³/mol. The first-order valence-electron chi connectivity index (χ1n) is 3.29. The molecule has 2 heteroatoms. The average molecular weight is 132 g/mol. The van der Waals surface area contributed by atoms with E-state index >= 15 is 0 Å². The van der Waals surface area contributed by atoms with E-state index in [1.165, 1.54) is 0 Å². The van der Waals surface area contributed by atoms with Crippen LogP contribution < -0.4 is 0 Å². The summed E-state index contributed by atoms with van der Waals surface area (Å²) in [6, 6.07) is 0. The van der Waals surface area contributed by atoms with Gasteiger partial charge in [-0.05, 0) is 12.3 Å². The standard InChI is InChI=1S/C7H16O2/c1-7(6-9-3)4-5-8-2/h7H,4-6H2,1-3H3/t7-/m1/s1. The summed E-state index contributed by atoms with van der Waals surface area (Å²) in [6.45, 7) is 3.83. The van der Waals surface area contributed by atoms with Crippen LogP contribution in [0.15, 0.2) is 0 Å². The van der Waals surface area contributed by atoms with Gasteiger partial charge in [0.2, 0.25) is 0 Å². The third-order valence-electron chi connectivity index (χ3n) is 1.27. The Labute approximate surface area is 57.2 Å². The smallest absolute Gasteiger partial charge is 0.0488 e. The minimum atomic E-state index is 0.620. The van der Waals surface area contributed by atoms with Crippen LogP contribution in [0.2, 0.25) is 0 Å². The lowest BCUT2D eigenvalue weighted by atomic mass is 10.1. The molecule has 0 N–H and O–H groups in total. The predicted octanol–water partition coefficient (Wildman–Crippen LogP) is 1.31. The summed E-state index contributed by atoms with van der Waals surface area (Å²) in [6.07, 6.45) is 1.09. The molecule has 0 spiro atoms. The van der Waals surface area contributed by atoms with Crippen molar-refractivity contribution < 1.29 is 9.47 Å². The highest BCUT2D eigenvalue weighted by atomic mass is 16.5. The first-order chi connectivity index (χ1) is 4.31. The molecule has 0 aliphatic heterocycles. The zero-order chi connectivity index (χ0) is 7.11. The van der Waals surface area contributed by atoms with Crippen molar-refractivity contribution in [1.82, 2.24) is 0 Å². The van der Waals surface area contributed by atoms with Crippen molar-refractivity contribution in [3.05, 3.63) is 0 Å². The topological polar surface area (TPSA) is 18.5 Å². The van der Waals surface area contributed by atoms with E-state index in [9.17, 15) is 0 Å². The molecule has 0 heterocycles. The summed E-state index contributed by atoms with van der Waals surface area (Å²) in [5.41, 5.74) is 0. The van der Waals surface area contributed by atoms with Gasteiger partial charge in [0.15, 0.2) is 0 Å². The van der Waals surface area contributed by atoms with E-state index in [4.69, 9.17) is 9.47 Å². The Morgan fingerprint density at radius 2 is 1.89 bits per heavy atom. The zero-order valence-corrected chi connectivity index (χ0v) is 6.52. The summed E-state index contributed by atoms with van der Waals surface area (Å²) in [5.74, 6) is 0.620. The fourth-order valence-electron chi connectivity index (χ4n) is 0.687. The van der Waals surface area contributed by atoms with Gasteiger partial charge in [-0.2, -0.15) is 0 Å². The van der Waals surface area contributed by atoms with E-state index < -0.39 is 0 Å². The molecule has 56 valence electrons. The minimum Gasteiger partial charge on any atom is -0.385 e. The SMILES string of the molecule is COCC[C@@H](C)COC. The van der Waals surface area contributed by atoms with Gasteiger partial charge in [-0.15, -0.1) is 0 Å². The lowest BCUT2D eigenvalue weighted by Gasteiger charge is -2.07. The van der Waals surface area contributed by atoms with Gasteiger partial charge < -0.3 is 9.47 Å². The molecule has 0 unspecified atom stereocenters. The van der Waals surface area contributed by atoms with Crippen LogP contribution in [0.1, 0.15) is 13.3 Å². The van der Waals surface area contributed by atoms with Gasteiger partial charge >= 0.3 is 0 Å². The molecule has 0 aliphatic carbocycles. The van der Waals surface area contributed by atoms with E-state index in [1.807, 2.05) is 0 Å². The number of rotatable bonds is 5. The van der Waals surface area contributed by atoms with Crippen LogP contribution in [0, 0.1) is 5.92 Å². The maximum absolute atomic E-state index is 4.95. The van der Waals surface area contributed by atoms with Crippen LogP contribution >= 0.6 is 0 Å². The maximum Gasteiger partial charge on any atom is 0.0488 e. The molecule has 0 radical (unpaired) electrons. The van der Waals surface area contributed by atoms with E-state index in [1.54, 1.807) is 14.2 Å². The van der Waals surface area contributed by atoms with Crippen molar-refractivity contribution in [1.29, 1.82) is 0 Å². The molecule has 2 nitrogen and oxygen atoms in total. The normalized spacial score (nSPS) is 13.7. The van der Waals surface area contributed by atoms with Crippen LogP contribution in [-0.4, -0.2) is 27.4 Å². The van der Waals surface area contributed by atoms with E-state index in [0.29, 0.717) is 5.92 Å². The number of ether oxygens (including phenoxy) is 2. The summed E-state index contributed by atoms with van der Waals surface area (Å²) >= 11 is 0. The van der Waals surface area contributed by atoms with Crippen molar-refractivity contribution in [2.45, 2.75) is 13.3 Å². The monoisotopic (exact) mass is 132 g/mol. The molecule has 0 amide bonds. The van der Waals surface area contributed by atoms with Crippen molar-refractivity contribution in [3.63, 3.8) is 0 Å². The number of methoxy groups -OCH3 is 2. The quantitative estimate of drug-likeness (QED) is 0.561. The second kappa shape index (κ2) is 6.05. The van der Waals surface area contributed by atoms with Crippen LogP contribution in [0.25, 0.3) is 0 Å². The Hall–Kier alpha value is -0.0800. The third kappa shape index (κ3) is 5.80. The molecule has 0 saturated heterocycles. The molecule has 1 atom stereocenters. The Bertz CT molecular complexity index is 54.9. The molecule has 0 rings (SSSR count). The van der Waals surface area contributed by atoms with Crippen LogP contribution in [0.5, 0.6) is 0 Å². The molecule has 0 aromatic rings. The summed E-state index contributed by atoms with van der Waals surface area (Å²) < 4.78 is 9.85. The summed E-state index contributed by atoms with van der Waals surface area (Å²) in [5, 5.41) is 0. The van der Waals surface area contributed by atoms with Crippen molar-refractivity contribution >= 4 is 0 Å². The molecule has 9 heavy (non-hydrogen) atoms. The van der Waals surface area contributed by atoms with Crippen molar-refractivity contribution in [3.8, 4) is 0 Å². The average Bonchev–Trinajstić information content (AvgIpc) is 1.85. The molecule has 0 aromatic carbocycles. The second-order valence-electron chi connectivity index (χ2n) is 2.34. The highest BCUT2D eigenvalue weighted by molar-refractivity contribution is 4.48.